The van der Waals surface area contributed by atoms with Crippen LogP contribution in [0.15, 0.2) is 0 Å². The summed E-state index contributed by atoms with van der Waals surface area (Å²) in [6, 6.07) is 0. The third-order valence-corrected chi connectivity index (χ3v) is 6.36. The van der Waals surface area contributed by atoms with Crippen LogP contribution in [0.25, 0.3) is 0 Å². The molecular formula is C23H36N4O4. The average Bonchev–Trinajstić information content (AvgIpc) is 3.38. The highest BCUT2D eigenvalue weighted by molar-refractivity contribution is 6.00. The lowest BCUT2D eigenvalue weighted by Crippen LogP contribution is -2.46. The van der Waals surface area contributed by atoms with E-state index in [-0.39, 0.29) is 24.3 Å². The fourth-order valence-corrected chi connectivity index (χ4v) is 4.67. The maximum absolute atomic E-state index is 13.1. The summed E-state index contributed by atoms with van der Waals surface area (Å²) in [7, 11) is 0. The number of aromatic amines is 1. The van der Waals surface area contributed by atoms with E-state index in [9.17, 15) is 14.4 Å². The smallest absolute Gasteiger partial charge is 0.340 e. The maximum Gasteiger partial charge on any atom is 0.340 e. The standard InChI is InChI=1S/C23H36N4O4/c1-4-31-23(30)19-16(2)20(25-17(19)3)22(29)27-14-7-9-18(15-27)21(28)24-10-8-13-26-11-5-6-12-26/h18,25H,4-15H2,1-3H3,(H,24,28)/t18-/m0/s1. The Morgan fingerprint density at radius 3 is 2.58 bits per heavy atom. The highest BCUT2D eigenvalue weighted by atomic mass is 16.5. The third-order valence-electron chi connectivity index (χ3n) is 6.36. The second-order valence-electron chi connectivity index (χ2n) is 8.63. The van der Waals surface area contributed by atoms with Crippen LogP contribution in [0.2, 0.25) is 0 Å². The Morgan fingerprint density at radius 2 is 1.87 bits per heavy atom. The van der Waals surface area contributed by atoms with Gasteiger partial charge in [-0.15, -0.1) is 0 Å². The lowest BCUT2D eigenvalue weighted by atomic mass is 9.96. The summed E-state index contributed by atoms with van der Waals surface area (Å²) in [6.45, 7) is 10.6. The number of carbonyl (C=O) groups excluding carboxylic acids is 3. The number of nitrogens with one attached hydrogen (secondary N) is 2. The third kappa shape index (κ3) is 5.67. The Hall–Kier alpha value is -2.35. The van der Waals surface area contributed by atoms with Crippen LogP contribution in [0.5, 0.6) is 0 Å². The summed E-state index contributed by atoms with van der Waals surface area (Å²) in [6.07, 6.45) is 5.09. The van der Waals surface area contributed by atoms with E-state index in [0.29, 0.717) is 42.1 Å². The average molecular weight is 433 g/mol. The van der Waals surface area contributed by atoms with E-state index in [4.69, 9.17) is 4.74 Å². The van der Waals surface area contributed by atoms with Gasteiger partial charge >= 0.3 is 5.97 Å². The molecule has 2 aliphatic rings. The maximum atomic E-state index is 13.1. The molecule has 2 amide bonds. The Bertz CT molecular complexity index is 798. The lowest BCUT2D eigenvalue weighted by molar-refractivity contribution is -0.126. The first-order valence-corrected chi connectivity index (χ1v) is 11.6. The van der Waals surface area contributed by atoms with Gasteiger partial charge in [0.05, 0.1) is 18.1 Å². The number of carbonyl (C=O) groups is 3. The van der Waals surface area contributed by atoms with Gasteiger partial charge in [-0.2, -0.15) is 0 Å². The van der Waals surface area contributed by atoms with Gasteiger partial charge in [0.2, 0.25) is 5.91 Å². The van der Waals surface area contributed by atoms with E-state index < -0.39 is 5.97 Å². The quantitative estimate of drug-likeness (QED) is 0.485. The Morgan fingerprint density at radius 1 is 1.13 bits per heavy atom. The molecule has 0 bridgehead atoms. The van der Waals surface area contributed by atoms with Crippen LogP contribution in [0.3, 0.4) is 0 Å². The second kappa shape index (κ2) is 10.8. The molecule has 3 heterocycles. The molecule has 2 N–H and O–H groups in total. The minimum Gasteiger partial charge on any atom is -0.462 e. The molecule has 1 aromatic rings. The molecule has 8 nitrogen and oxygen atoms in total. The van der Waals surface area contributed by atoms with Gasteiger partial charge in [-0.25, -0.2) is 4.79 Å². The normalized spacial score (nSPS) is 19.5. The molecular weight excluding hydrogens is 396 g/mol. The minimum atomic E-state index is -0.419. The summed E-state index contributed by atoms with van der Waals surface area (Å²) in [5.41, 5.74) is 2.07. The van der Waals surface area contributed by atoms with Crippen LogP contribution < -0.4 is 5.32 Å². The number of esters is 1. The van der Waals surface area contributed by atoms with E-state index in [0.717, 1.165) is 25.8 Å². The van der Waals surface area contributed by atoms with E-state index in [1.807, 2.05) is 0 Å². The van der Waals surface area contributed by atoms with Crippen molar-refractivity contribution in [2.45, 2.75) is 52.9 Å². The molecule has 2 fully saturated rings. The van der Waals surface area contributed by atoms with Crippen molar-refractivity contribution in [2.75, 3.05) is 45.9 Å². The largest absolute Gasteiger partial charge is 0.462 e. The second-order valence-corrected chi connectivity index (χ2v) is 8.63. The monoisotopic (exact) mass is 432 g/mol. The van der Waals surface area contributed by atoms with Crippen molar-refractivity contribution in [2.24, 2.45) is 5.92 Å². The number of hydrogen-bond donors (Lipinski definition) is 2. The molecule has 1 atom stereocenters. The van der Waals surface area contributed by atoms with Crippen LogP contribution in [0, 0.1) is 19.8 Å². The molecule has 8 heteroatoms. The van der Waals surface area contributed by atoms with Crippen molar-refractivity contribution in [3.05, 3.63) is 22.5 Å². The van der Waals surface area contributed by atoms with Crippen LogP contribution in [-0.2, 0) is 9.53 Å². The lowest BCUT2D eigenvalue weighted by Gasteiger charge is -2.32. The molecule has 0 radical (unpaired) electrons. The molecule has 2 saturated heterocycles. The predicted octanol–water partition coefficient (Wildman–Crippen LogP) is 2.26. The van der Waals surface area contributed by atoms with E-state index in [1.54, 1.807) is 25.7 Å². The summed E-state index contributed by atoms with van der Waals surface area (Å²) in [4.78, 5) is 45.3. The number of rotatable bonds is 8. The number of aryl methyl sites for hydroxylation is 1. The zero-order chi connectivity index (χ0) is 22.4. The van der Waals surface area contributed by atoms with Gasteiger partial charge < -0.3 is 24.8 Å². The van der Waals surface area contributed by atoms with Crippen LogP contribution in [-0.4, -0.2) is 78.4 Å². The summed E-state index contributed by atoms with van der Waals surface area (Å²) in [5, 5.41) is 3.06. The first-order chi connectivity index (χ1) is 14.9. The van der Waals surface area contributed by atoms with E-state index in [1.165, 1.54) is 25.9 Å². The number of hydrogen-bond acceptors (Lipinski definition) is 5. The zero-order valence-electron chi connectivity index (χ0n) is 19.1. The number of ether oxygens (including phenoxy) is 1. The number of H-pyrrole nitrogens is 1. The van der Waals surface area contributed by atoms with Crippen LogP contribution in [0.4, 0.5) is 0 Å². The van der Waals surface area contributed by atoms with Crippen molar-refractivity contribution in [3.8, 4) is 0 Å². The molecule has 0 aliphatic carbocycles. The van der Waals surface area contributed by atoms with Gasteiger partial charge in [-0.1, -0.05) is 0 Å². The SMILES string of the molecule is CCOC(=O)c1c(C)[nH]c(C(=O)N2CCC[C@H](C(=O)NCCCN3CCCC3)C2)c1C. The van der Waals surface area contributed by atoms with Crippen molar-refractivity contribution < 1.29 is 19.1 Å². The first kappa shape index (κ1) is 23.3. The Kier molecular flexibility index (Phi) is 8.12. The van der Waals surface area contributed by atoms with Crippen molar-refractivity contribution in [1.29, 1.82) is 0 Å². The molecule has 3 rings (SSSR count). The zero-order valence-corrected chi connectivity index (χ0v) is 19.1. The number of amides is 2. The molecule has 0 saturated carbocycles. The van der Waals surface area contributed by atoms with Crippen LogP contribution in [0.1, 0.15) is 71.1 Å². The van der Waals surface area contributed by atoms with Crippen molar-refractivity contribution >= 4 is 17.8 Å². The predicted molar refractivity (Wildman–Crippen MR) is 118 cm³/mol. The number of nitrogens with zero attached hydrogens (tertiary/aromatic N) is 2. The summed E-state index contributed by atoms with van der Waals surface area (Å²) in [5.74, 6) is -0.740. The van der Waals surface area contributed by atoms with Gasteiger partial charge in [0.1, 0.15) is 5.69 Å². The first-order valence-electron chi connectivity index (χ1n) is 11.6. The molecule has 0 spiro atoms. The van der Waals surface area contributed by atoms with Crippen molar-refractivity contribution in [3.63, 3.8) is 0 Å². The van der Waals surface area contributed by atoms with E-state index in [2.05, 4.69) is 15.2 Å². The van der Waals surface area contributed by atoms with Gasteiger partial charge in [-0.3, -0.25) is 9.59 Å². The van der Waals surface area contributed by atoms with Gasteiger partial charge in [0, 0.05) is 25.3 Å². The fraction of sp³-hybridized carbons (Fsp3) is 0.696. The van der Waals surface area contributed by atoms with Crippen molar-refractivity contribution in [1.82, 2.24) is 20.1 Å². The van der Waals surface area contributed by atoms with Gasteiger partial charge in [0.25, 0.3) is 5.91 Å². The molecule has 2 aliphatic heterocycles. The topological polar surface area (TPSA) is 94.7 Å². The summed E-state index contributed by atoms with van der Waals surface area (Å²) >= 11 is 0. The Labute approximate surface area is 184 Å². The molecule has 0 aromatic carbocycles. The molecule has 0 unspecified atom stereocenters. The highest BCUT2D eigenvalue weighted by Crippen LogP contribution is 2.23. The molecule has 31 heavy (non-hydrogen) atoms. The minimum absolute atomic E-state index is 0.0329. The summed E-state index contributed by atoms with van der Waals surface area (Å²) < 4.78 is 5.12. The van der Waals surface area contributed by atoms with Crippen LogP contribution >= 0.6 is 0 Å². The number of piperidine rings is 1. The highest BCUT2D eigenvalue weighted by Gasteiger charge is 2.31. The number of likely N-dealkylation sites (tertiary alicyclic amines) is 2. The van der Waals surface area contributed by atoms with Gasteiger partial charge in [0.15, 0.2) is 0 Å². The Balaban J connectivity index is 1.54. The molecule has 1 aromatic heterocycles. The number of aromatic nitrogens is 1. The molecule has 172 valence electrons. The van der Waals surface area contributed by atoms with E-state index >= 15 is 0 Å². The van der Waals surface area contributed by atoms with Gasteiger partial charge in [-0.05, 0) is 78.1 Å². The fourth-order valence-electron chi connectivity index (χ4n) is 4.67.